The molecule has 3 rings (SSSR count). The summed E-state index contributed by atoms with van der Waals surface area (Å²) in [6.45, 7) is 12.6. The lowest BCUT2D eigenvalue weighted by Gasteiger charge is -2.42. The van der Waals surface area contributed by atoms with Crippen LogP contribution in [0.15, 0.2) is 24.4 Å². The van der Waals surface area contributed by atoms with Crippen LogP contribution in [-0.2, 0) is 14.8 Å². The molecule has 1 saturated heterocycles. The quantitative estimate of drug-likeness (QED) is 0.762. The van der Waals surface area contributed by atoms with Crippen LogP contribution in [0, 0.1) is 17.2 Å². The smallest absolute Gasteiger partial charge is 0.222 e. The van der Waals surface area contributed by atoms with Gasteiger partial charge in [0.25, 0.3) is 0 Å². The third-order valence-electron chi connectivity index (χ3n) is 6.34. The molecule has 3 N–H and O–H groups in total. The summed E-state index contributed by atoms with van der Waals surface area (Å²) in [6.07, 6.45) is 0.570. The maximum atomic E-state index is 10.3. The van der Waals surface area contributed by atoms with Gasteiger partial charge < -0.3 is 20.0 Å². The van der Waals surface area contributed by atoms with Gasteiger partial charge in [-0.3, -0.25) is 0 Å². The van der Waals surface area contributed by atoms with E-state index in [2.05, 4.69) is 45.0 Å². The van der Waals surface area contributed by atoms with Gasteiger partial charge in [-0.25, -0.2) is 4.52 Å². The van der Waals surface area contributed by atoms with Gasteiger partial charge in [-0.2, -0.15) is 10.4 Å². The molecule has 1 fully saturated rings. The number of nitrogens with zero attached hydrogens (tertiary/aromatic N) is 3. The SMILES string of the molecule is C[C@H]1[C@@H](O[Si](C)(C)C(C)(C)C)[C@](C#N)(c2ccc3c(N)ccnn23)O[C@@H]1CO. The molecule has 1 aliphatic rings. The van der Waals surface area contributed by atoms with Gasteiger partial charge in [-0.1, -0.05) is 27.7 Å². The van der Waals surface area contributed by atoms with Crippen LogP contribution in [0.5, 0.6) is 0 Å². The highest BCUT2D eigenvalue weighted by Gasteiger charge is 2.59. The summed E-state index contributed by atoms with van der Waals surface area (Å²) in [5, 5.41) is 24.6. The van der Waals surface area contributed by atoms with Crippen molar-refractivity contribution in [2.24, 2.45) is 5.92 Å². The molecule has 28 heavy (non-hydrogen) atoms. The second-order valence-corrected chi connectivity index (χ2v) is 13.9. The topological polar surface area (TPSA) is 106 Å². The Morgan fingerprint density at radius 1 is 1.39 bits per heavy atom. The number of aromatic nitrogens is 2. The molecule has 0 aromatic carbocycles. The molecular formula is C20H30N4O3Si. The summed E-state index contributed by atoms with van der Waals surface area (Å²) < 4.78 is 14.6. The number of aliphatic hydroxyl groups is 1. The molecule has 8 heteroatoms. The summed E-state index contributed by atoms with van der Waals surface area (Å²) >= 11 is 0. The summed E-state index contributed by atoms with van der Waals surface area (Å²) in [4.78, 5) is 0. The van der Waals surface area contributed by atoms with E-state index in [9.17, 15) is 10.4 Å². The van der Waals surface area contributed by atoms with Gasteiger partial charge in [0.1, 0.15) is 6.07 Å². The van der Waals surface area contributed by atoms with E-state index in [0.29, 0.717) is 16.9 Å². The number of fused-ring (bicyclic) bond motifs is 1. The minimum Gasteiger partial charge on any atom is -0.409 e. The predicted molar refractivity (Wildman–Crippen MR) is 110 cm³/mol. The number of nitrogen functional groups attached to an aromatic ring is 1. The van der Waals surface area contributed by atoms with E-state index in [1.54, 1.807) is 16.8 Å². The van der Waals surface area contributed by atoms with E-state index in [-0.39, 0.29) is 17.6 Å². The van der Waals surface area contributed by atoms with Crippen LogP contribution in [-0.4, -0.2) is 41.9 Å². The Bertz CT molecular complexity index is 914. The van der Waals surface area contributed by atoms with Crippen LogP contribution < -0.4 is 5.73 Å². The lowest BCUT2D eigenvalue weighted by atomic mass is 9.88. The number of nitrogens with two attached hydrogens (primary N) is 1. The average molecular weight is 403 g/mol. The number of ether oxygens (including phenoxy) is 1. The van der Waals surface area contributed by atoms with Crippen LogP contribution in [0.2, 0.25) is 18.1 Å². The molecule has 152 valence electrons. The largest absolute Gasteiger partial charge is 0.409 e. The lowest BCUT2D eigenvalue weighted by molar-refractivity contribution is -0.0606. The third-order valence-corrected chi connectivity index (χ3v) is 10.8. The number of hydrogen-bond acceptors (Lipinski definition) is 6. The van der Waals surface area contributed by atoms with Crippen molar-refractivity contribution in [2.75, 3.05) is 12.3 Å². The van der Waals surface area contributed by atoms with Crippen LogP contribution in [0.1, 0.15) is 33.4 Å². The maximum Gasteiger partial charge on any atom is 0.222 e. The van der Waals surface area contributed by atoms with Crippen molar-refractivity contribution in [3.8, 4) is 6.07 Å². The van der Waals surface area contributed by atoms with Gasteiger partial charge in [0.2, 0.25) is 5.60 Å². The highest BCUT2D eigenvalue weighted by molar-refractivity contribution is 6.74. The summed E-state index contributed by atoms with van der Waals surface area (Å²) in [5.74, 6) is -0.162. The first-order chi connectivity index (χ1) is 13.0. The van der Waals surface area contributed by atoms with Crippen molar-refractivity contribution in [3.05, 3.63) is 30.1 Å². The van der Waals surface area contributed by atoms with Crippen molar-refractivity contribution >= 4 is 19.5 Å². The number of hydrogen-bond donors (Lipinski definition) is 2. The van der Waals surface area contributed by atoms with Crippen LogP contribution in [0.25, 0.3) is 5.52 Å². The second kappa shape index (κ2) is 6.85. The Hall–Kier alpha value is -1.92. The van der Waals surface area contributed by atoms with E-state index >= 15 is 0 Å². The first kappa shape index (κ1) is 20.8. The Morgan fingerprint density at radius 2 is 2.07 bits per heavy atom. The summed E-state index contributed by atoms with van der Waals surface area (Å²) in [6, 6.07) is 7.74. The number of rotatable bonds is 4. The molecule has 0 saturated carbocycles. The molecule has 3 heterocycles. The van der Waals surface area contributed by atoms with Gasteiger partial charge in [0.15, 0.2) is 8.32 Å². The molecule has 0 radical (unpaired) electrons. The first-order valence-electron chi connectivity index (χ1n) is 9.59. The van der Waals surface area contributed by atoms with Gasteiger partial charge in [-0.15, -0.1) is 0 Å². The van der Waals surface area contributed by atoms with E-state index in [0.717, 1.165) is 0 Å². The fourth-order valence-corrected chi connectivity index (χ4v) is 4.91. The number of aliphatic hydroxyl groups excluding tert-OH is 1. The van der Waals surface area contributed by atoms with Crippen molar-refractivity contribution < 1.29 is 14.3 Å². The first-order valence-corrected chi connectivity index (χ1v) is 12.5. The number of nitriles is 1. The zero-order chi connectivity index (χ0) is 20.9. The van der Waals surface area contributed by atoms with Crippen molar-refractivity contribution in [1.29, 1.82) is 5.26 Å². The molecule has 4 atom stereocenters. The average Bonchev–Trinajstić information content (AvgIpc) is 3.16. The molecule has 1 aliphatic heterocycles. The van der Waals surface area contributed by atoms with Gasteiger partial charge in [0, 0.05) is 12.1 Å². The van der Waals surface area contributed by atoms with Crippen molar-refractivity contribution in [3.63, 3.8) is 0 Å². The zero-order valence-electron chi connectivity index (χ0n) is 17.4. The van der Waals surface area contributed by atoms with Crippen molar-refractivity contribution in [2.45, 2.75) is 63.6 Å². The van der Waals surface area contributed by atoms with Gasteiger partial charge >= 0.3 is 0 Å². The Labute approximate surface area is 167 Å². The molecule has 7 nitrogen and oxygen atoms in total. The van der Waals surface area contributed by atoms with E-state index in [4.69, 9.17) is 14.9 Å². The molecule has 0 unspecified atom stereocenters. The number of anilines is 1. The molecule has 2 aromatic rings. The normalized spacial score (nSPS) is 28.6. The lowest BCUT2D eigenvalue weighted by Crippen LogP contribution is -2.51. The summed E-state index contributed by atoms with van der Waals surface area (Å²) in [5.41, 5.74) is 6.55. The maximum absolute atomic E-state index is 10.3. The molecule has 2 aromatic heterocycles. The van der Waals surface area contributed by atoms with E-state index in [1.807, 2.05) is 19.1 Å². The van der Waals surface area contributed by atoms with Crippen LogP contribution in [0.4, 0.5) is 5.69 Å². The molecule has 0 spiro atoms. The van der Waals surface area contributed by atoms with Gasteiger partial charge in [-0.05, 0) is 36.3 Å². The Morgan fingerprint density at radius 3 is 2.64 bits per heavy atom. The third kappa shape index (κ3) is 3.03. The zero-order valence-corrected chi connectivity index (χ0v) is 18.4. The Kier molecular flexibility index (Phi) is 5.09. The monoisotopic (exact) mass is 402 g/mol. The summed E-state index contributed by atoms with van der Waals surface area (Å²) in [7, 11) is -2.22. The highest BCUT2D eigenvalue weighted by Crippen LogP contribution is 2.48. The highest BCUT2D eigenvalue weighted by atomic mass is 28.4. The minimum absolute atomic E-state index is 0.0326. The van der Waals surface area contributed by atoms with E-state index < -0.39 is 26.1 Å². The minimum atomic E-state index is -2.22. The van der Waals surface area contributed by atoms with E-state index in [1.165, 1.54) is 0 Å². The Balaban J connectivity index is 2.18. The molecular weight excluding hydrogens is 372 g/mol. The second-order valence-electron chi connectivity index (χ2n) is 9.15. The predicted octanol–water partition coefficient (Wildman–Crippen LogP) is 3.05. The fraction of sp³-hybridized carbons (Fsp3) is 0.600. The van der Waals surface area contributed by atoms with Crippen molar-refractivity contribution in [1.82, 2.24) is 9.61 Å². The molecule has 0 bridgehead atoms. The van der Waals surface area contributed by atoms with Crippen LogP contribution in [0.3, 0.4) is 0 Å². The van der Waals surface area contributed by atoms with Gasteiger partial charge in [0.05, 0.1) is 35.7 Å². The molecule has 0 aliphatic carbocycles. The fourth-order valence-electron chi connectivity index (χ4n) is 3.54. The van der Waals surface area contributed by atoms with Crippen LogP contribution >= 0.6 is 0 Å². The molecule has 0 amide bonds. The standard InChI is InChI=1S/C20H30N4O3Si/c1-13-16(11-25)26-20(12-21,18(13)27-28(5,6)19(2,3)4)17-8-7-15-14(22)9-10-23-24(15)17/h7-10,13,16,18,25H,11,22H2,1-6H3/t13-,16-,18-,20+/m1/s1.